The molecule has 0 aliphatic heterocycles. The number of hydrogen-bond donors (Lipinski definition) is 4. The van der Waals surface area contributed by atoms with Crippen molar-refractivity contribution in [2.45, 2.75) is 25.6 Å². The number of amides is 1. The Balaban J connectivity index is 1.74. The maximum atomic E-state index is 15.1. The molecule has 4 rings (SSSR count). The molecule has 0 aliphatic rings. The first kappa shape index (κ1) is 26.4. The van der Waals surface area contributed by atoms with Gasteiger partial charge in [0.15, 0.2) is 0 Å². The number of aryl methyl sites for hydroxylation is 1. The van der Waals surface area contributed by atoms with Crippen molar-refractivity contribution in [2.24, 2.45) is 5.73 Å². The fourth-order valence-electron chi connectivity index (χ4n) is 3.86. The number of aromatic nitrogens is 2. The Morgan fingerprint density at radius 1 is 1.08 bits per heavy atom. The quantitative estimate of drug-likeness (QED) is 0.137. The third kappa shape index (κ3) is 5.83. The van der Waals surface area contributed by atoms with Gasteiger partial charge in [0.25, 0.3) is 0 Å². The largest absolute Gasteiger partial charge is 0.471 e. The number of alkyl halides is 3. The molecule has 4 aromatic rings. The number of carbonyl (C=O) groups is 1. The lowest BCUT2D eigenvalue weighted by Crippen LogP contribution is -2.30. The van der Waals surface area contributed by atoms with Gasteiger partial charge in [0, 0.05) is 23.0 Å². The highest BCUT2D eigenvalue weighted by molar-refractivity contribution is 5.96. The highest BCUT2D eigenvalue weighted by Gasteiger charge is 2.39. The molecule has 0 fully saturated rings. The van der Waals surface area contributed by atoms with E-state index in [1.807, 2.05) is 12.2 Å². The minimum absolute atomic E-state index is 0.0898. The molecule has 11 heteroatoms. The Hall–Kier alpha value is -4.67. The Bertz CT molecular complexity index is 1460. The van der Waals surface area contributed by atoms with Gasteiger partial charge in [0.2, 0.25) is 0 Å². The molecule has 0 aliphatic carbocycles. The second-order valence-electron chi connectivity index (χ2n) is 8.43. The monoisotopic (exact) mass is 524 g/mol. The van der Waals surface area contributed by atoms with Crippen LogP contribution in [0.1, 0.15) is 35.3 Å². The van der Waals surface area contributed by atoms with Crippen LogP contribution in [-0.4, -0.2) is 27.7 Å². The van der Waals surface area contributed by atoms with E-state index in [-0.39, 0.29) is 17.2 Å². The van der Waals surface area contributed by atoms with Crippen molar-refractivity contribution in [3.05, 3.63) is 107 Å². The molecule has 0 spiro atoms. The zero-order valence-electron chi connectivity index (χ0n) is 20.2. The topological polar surface area (TPSA) is 109 Å². The Morgan fingerprint density at radius 3 is 2.45 bits per heavy atom. The summed E-state index contributed by atoms with van der Waals surface area (Å²) in [4.78, 5) is 11.5. The fraction of sp³-hybridized carbons (Fsp3) is 0.148. The molecular formula is C27H24F4N6O. The first-order valence-electron chi connectivity index (χ1n) is 11.6. The number of halogens is 4. The van der Waals surface area contributed by atoms with Gasteiger partial charge in [-0.1, -0.05) is 31.2 Å². The van der Waals surface area contributed by atoms with Gasteiger partial charge >= 0.3 is 12.1 Å². The van der Waals surface area contributed by atoms with Crippen molar-refractivity contribution in [1.29, 1.82) is 5.41 Å². The zero-order valence-corrected chi connectivity index (χ0v) is 20.2. The summed E-state index contributed by atoms with van der Waals surface area (Å²) in [6.45, 7) is 1.95. The smallest absolute Gasteiger partial charge is 0.384 e. The van der Waals surface area contributed by atoms with Gasteiger partial charge in [-0.05, 0) is 60.5 Å². The number of amidine groups is 1. The van der Waals surface area contributed by atoms with Crippen molar-refractivity contribution in [3.8, 4) is 5.69 Å². The molecule has 196 valence electrons. The summed E-state index contributed by atoms with van der Waals surface area (Å²) in [5.74, 6) is -2.67. The van der Waals surface area contributed by atoms with Crippen LogP contribution < -0.4 is 16.4 Å². The molecule has 1 aromatic heterocycles. The highest BCUT2D eigenvalue weighted by atomic mass is 19.4. The van der Waals surface area contributed by atoms with E-state index in [9.17, 15) is 18.0 Å². The van der Waals surface area contributed by atoms with Crippen molar-refractivity contribution in [1.82, 2.24) is 9.78 Å². The molecule has 1 amide bonds. The minimum Gasteiger partial charge on any atom is -0.384 e. The zero-order chi connectivity index (χ0) is 27.4. The number of anilines is 2. The van der Waals surface area contributed by atoms with Crippen molar-refractivity contribution in [3.63, 3.8) is 0 Å². The summed E-state index contributed by atoms with van der Waals surface area (Å²) in [6, 6.07) is 18.2. The maximum Gasteiger partial charge on any atom is 0.471 e. The number of benzene rings is 3. The van der Waals surface area contributed by atoms with Crippen molar-refractivity contribution >= 4 is 23.1 Å². The van der Waals surface area contributed by atoms with Gasteiger partial charge in [-0.25, -0.2) is 9.07 Å². The normalized spacial score (nSPS) is 12.1. The van der Waals surface area contributed by atoms with Gasteiger partial charge in [0.1, 0.15) is 11.7 Å². The summed E-state index contributed by atoms with van der Waals surface area (Å²) in [5, 5.41) is 17.2. The van der Waals surface area contributed by atoms with Gasteiger partial charge in [-0.15, -0.1) is 0 Å². The lowest BCUT2D eigenvalue weighted by atomic mass is 9.99. The minimum atomic E-state index is -5.06. The number of carbonyl (C=O) groups excluding carboxylic acids is 1. The summed E-state index contributed by atoms with van der Waals surface area (Å²) in [5.41, 5.74) is 8.37. The standard InChI is InChI=1S/C27H24F4N6O/c1-2-16-7-12-20(28)19(15-16)24(34-18-10-8-17(9-11-18)25(32)33)22-13-14-37(36-22)23-6-4-3-5-21(23)35-26(38)27(29,30)31/h3-15,24,34H,2H2,1H3,(H3,32,33)(H,35,38). The number of para-hydroxylation sites is 2. The molecule has 0 bridgehead atoms. The molecule has 5 N–H and O–H groups in total. The molecule has 38 heavy (non-hydrogen) atoms. The first-order chi connectivity index (χ1) is 18.1. The van der Waals surface area contributed by atoms with E-state index in [1.165, 1.54) is 35.1 Å². The number of nitrogens with zero attached hydrogens (tertiary/aromatic N) is 2. The predicted octanol–water partition coefficient (Wildman–Crippen LogP) is 5.56. The first-order valence-corrected chi connectivity index (χ1v) is 11.6. The second-order valence-corrected chi connectivity index (χ2v) is 8.43. The average Bonchev–Trinajstić information content (AvgIpc) is 3.37. The van der Waals surface area contributed by atoms with E-state index < -0.39 is 23.9 Å². The van der Waals surface area contributed by atoms with Crippen LogP contribution in [0.4, 0.5) is 28.9 Å². The van der Waals surface area contributed by atoms with Crippen LogP contribution >= 0.6 is 0 Å². The third-order valence-corrected chi connectivity index (χ3v) is 5.85. The Labute approximate surface area is 215 Å². The lowest BCUT2D eigenvalue weighted by Gasteiger charge is -2.20. The maximum absolute atomic E-state index is 15.1. The van der Waals surface area contributed by atoms with Crippen LogP contribution in [0.2, 0.25) is 0 Å². The molecule has 7 nitrogen and oxygen atoms in total. The molecule has 1 unspecified atom stereocenters. The second kappa shape index (κ2) is 10.8. The fourth-order valence-corrected chi connectivity index (χ4v) is 3.86. The van der Waals surface area contributed by atoms with Gasteiger partial charge in [-0.3, -0.25) is 10.2 Å². The highest BCUT2D eigenvalue weighted by Crippen LogP contribution is 2.30. The Kier molecular flexibility index (Phi) is 7.47. The van der Waals surface area contributed by atoms with Crippen molar-refractivity contribution < 1.29 is 22.4 Å². The molecule has 1 atom stereocenters. The average molecular weight is 525 g/mol. The molecule has 0 radical (unpaired) electrons. The van der Waals surface area contributed by atoms with E-state index in [1.54, 1.807) is 48.5 Å². The van der Waals surface area contributed by atoms with E-state index in [2.05, 4.69) is 10.4 Å². The molecule has 0 saturated carbocycles. The lowest BCUT2D eigenvalue weighted by molar-refractivity contribution is -0.167. The van der Waals surface area contributed by atoms with Crippen LogP contribution in [0.25, 0.3) is 5.69 Å². The third-order valence-electron chi connectivity index (χ3n) is 5.85. The molecular weight excluding hydrogens is 500 g/mol. The number of hydrogen-bond acceptors (Lipinski definition) is 4. The number of rotatable bonds is 8. The van der Waals surface area contributed by atoms with Crippen LogP contribution in [0, 0.1) is 11.2 Å². The van der Waals surface area contributed by atoms with E-state index >= 15 is 4.39 Å². The van der Waals surface area contributed by atoms with Crippen molar-refractivity contribution in [2.75, 3.05) is 10.6 Å². The van der Waals surface area contributed by atoms with Gasteiger partial charge in [-0.2, -0.15) is 18.3 Å². The van der Waals surface area contributed by atoms with E-state index in [0.29, 0.717) is 28.9 Å². The van der Waals surface area contributed by atoms with Crippen LogP contribution in [-0.2, 0) is 11.2 Å². The number of nitrogens with two attached hydrogens (primary N) is 1. The van der Waals surface area contributed by atoms with E-state index in [0.717, 1.165) is 5.56 Å². The van der Waals surface area contributed by atoms with Crippen LogP contribution in [0.15, 0.2) is 79.0 Å². The predicted molar refractivity (Wildman–Crippen MR) is 137 cm³/mol. The van der Waals surface area contributed by atoms with Gasteiger partial charge in [0.05, 0.1) is 23.1 Å². The summed E-state index contributed by atoms with van der Waals surface area (Å²) in [6.07, 6.45) is -2.87. The van der Waals surface area contributed by atoms with E-state index in [4.69, 9.17) is 11.1 Å². The van der Waals surface area contributed by atoms with Gasteiger partial charge < -0.3 is 16.4 Å². The summed E-state index contributed by atoms with van der Waals surface area (Å²) >= 11 is 0. The van der Waals surface area contributed by atoms with Crippen LogP contribution in [0.5, 0.6) is 0 Å². The summed E-state index contributed by atoms with van der Waals surface area (Å²) in [7, 11) is 0. The van der Waals surface area contributed by atoms with Crippen LogP contribution in [0.3, 0.4) is 0 Å². The number of nitrogens with one attached hydrogen (secondary N) is 3. The molecule has 3 aromatic carbocycles. The Morgan fingerprint density at radius 2 is 1.79 bits per heavy atom. The summed E-state index contributed by atoms with van der Waals surface area (Å²) < 4.78 is 54.9. The number of nitrogen functional groups attached to an aromatic ring is 1. The molecule has 0 saturated heterocycles. The molecule has 1 heterocycles. The SMILES string of the molecule is CCc1ccc(F)c(C(Nc2ccc(C(=N)N)cc2)c2ccn(-c3ccccc3NC(=O)C(F)(F)F)n2)c1.